The summed E-state index contributed by atoms with van der Waals surface area (Å²) in [5.41, 5.74) is 0.265. The highest BCUT2D eigenvalue weighted by atomic mass is 35.5. The zero-order valence-corrected chi connectivity index (χ0v) is 15.1. The molecule has 2 amide bonds. The van der Waals surface area contributed by atoms with Gasteiger partial charge >= 0.3 is 0 Å². The Kier molecular flexibility index (Phi) is 6.04. The summed E-state index contributed by atoms with van der Waals surface area (Å²) in [4.78, 5) is 23.7. The second-order valence-electron chi connectivity index (χ2n) is 5.24. The Hall–Kier alpha value is -1.83. The van der Waals surface area contributed by atoms with E-state index in [1.165, 1.54) is 23.0 Å². The number of anilines is 2. The number of hydrogen-bond acceptors (Lipinski definition) is 4. The van der Waals surface area contributed by atoms with Crippen LogP contribution < -0.4 is 10.6 Å². The van der Waals surface area contributed by atoms with Crippen LogP contribution in [0.1, 0.15) is 13.8 Å². The third-order valence-electron chi connectivity index (χ3n) is 2.89. The fraction of sp³-hybridized carbons (Fsp3) is 0.286. The van der Waals surface area contributed by atoms with Gasteiger partial charge < -0.3 is 10.6 Å². The minimum absolute atomic E-state index is 0.125. The molecule has 0 aliphatic carbocycles. The van der Waals surface area contributed by atoms with Gasteiger partial charge in [0, 0.05) is 10.9 Å². The molecule has 0 fully saturated rings. The number of amides is 2. The highest BCUT2D eigenvalue weighted by Gasteiger charge is 2.14. The summed E-state index contributed by atoms with van der Waals surface area (Å²) >= 11 is 17.8. The average molecular weight is 391 g/mol. The number of aromatic nitrogens is 3. The van der Waals surface area contributed by atoms with Gasteiger partial charge in [-0.1, -0.05) is 53.9 Å². The molecule has 2 rings (SSSR count). The van der Waals surface area contributed by atoms with Crippen LogP contribution in [0.15, 0.2) is 18.3 Å². The fourth-order valence-electron chi connectivity index (χ4n) is 1.69. The van der Waals surface area contributed by atoms with E-state index in [2.05, 4.69) is 20.9 Å². The normalized spacial score (nSPS) is 10.8. The molecule has 0 saturated heterocycles. The maximum Gasteiger partial charge on any atom is 0.246 e. The summed E-state index contributed by atoms with van der Waals surface area (Å²) in [6, 6.07) is 2.94. The summed E-state index contributed by atoms with van der Waals surface area (Å²) in [7, 11) is 0. The number of benzene rings is 1. The molecule has 24 heavy (non-hydrogen) atoms. The van der Waals surface area contributed by atoms with Gasteiger partial charge in [-0.3, -0.25) is 9.59 Å². The van der Waals surface area contributed by atoms with Crippen LogP contribution in [-0.4, -0.2) is 26.8 Å². The second-order valence-corrected chi connectivity index (χ2v) is 6.49. The Labute approximate surface area is 153 Å². The fourth-order valence-corrected chi connectivity index (χ4v) is 2.60. The standard InChI is InChI=1S/C14H14Cl3N5O2/c1-7(2)14(24)18-11-5-22(21-20-11)6-12(23)19-13-9(16)3-8(15)4-10(13)17/h3-5,7H,6H2,1-2H3,(H,18,24)(H,19,23). The predicted molar refractivity (Wildman–Crippen MR) is 93.6 cm³/mol. The van der Waals surface area contributed by atoms with E-state index >= 15 is 0 Å². The van der Waals surface area contributed by atoms with Crippen LogP contribution in [0.25, 0.3) is 0 Å². The van der Waals surface area contributed by atoms with Gasteiger partial charge in [-0.05, 0) is 12.1 Å². The van der Waals surface area contributed by atoms with Crippen LogP contribution in [0, 0.1) is 5.92 Å². The van der Waals surface area contributed by atoms with E-state index in [0.29, 0.717) is 5.02 Å². The van der Waals surface area contributed by atoms with Crippen molar-refractivity contribution in [1.29, 1.82) is 0 Å². The lowest BCUT2D eigenvalue weighted by atomic mass is 10.2. The Morgan fingerprint density at radius 2 is 1.79 bits per heavy atom. The first-order valence-electron chi connectivity index (χ1n) is 6.91. The SMILES string of the molecule is CC(C)C(=O)Nc1cn(CC(=O)Nc2c(Cl)cc(Cl)cc2Cl)nn1. The van der Waals surface area contributed by atoms with E-state index < -0.39 is 5.91 Å². The maximum atomic E-state index is 12.1. The monoisotopic (exact) mass is 389 g/mol. The molecule has 2 aromatic rings. The Morgan fingerprint density at radius 1 is 1.17 bits per heavy atom. The lowest BCUT2D eigenvalue weighted by Gasteiger charge is -2.09. The van der Waals surface area contributed by atoms with Crippen LogP contribution in [0.5, 0.6) is 0 Å². The molecule has 1 aromatic heterocycles. The number of nitrogens with one attached hydrogen (secondary N) is 2. The van der Waals surface area contributed by atoms with Crippen molar-refractivity contribution in [3.05, 3.63) is 33.4 Å². The predicted octanol–water partition coefficient (Wildman–Crippen LogP) is 3.47. The Morgan fingerprint density at radius 3 is 2.38 bits per heavy atom. The molecule has 2 N–H and O–H groups in total. The van der Waals surface area contributed by atoms with Crippen molar-refractivity contribution < 1.29 is 9.59 Å². The van der Waals surface area contributed by atoms with Gasteiger partial charge in [-0.15, -0.1) is 5.10 Å². The molecule has 0 aliphatic heterocycles. The van der Waals surface area contributed by atoms with Gasteiger partial charge in [0.05, 0.1) is 21.9 Å². The van der Waals surface area contributed by atoms with Gasteiger partial charge in [-0.25, -0.2) is 4.68 Å². The minimum Gasteiger partial charge on any atom is -0.322 e. The van der Waals surface area contributed by atoms with Crippen LogP contribution in [0.4, 0.5) is 11.5 Å². The molecule has 0 bridgehead atoms. The molecule has 1 heterocycles. The quantitative estimate of drug-likeness (QED) is 0.818. The summed E-state index contributed by atoms with van der Waals surface area (Å²) in [5.74, 6) is -0.518. The van der Waals surface area contributed by atoms with Gasteiger partial charge in [0.25, 0.3) is 0 Å². The molecule has 0 radical (unpaired) electrons. The molecule has 0 unspecified atom stereocenters. The smallest absolute Gasteiger partial charge is 0.246 e. The van der Waals surface area contributed by atoms with Crippen LogP contribution >= 0.6 is 34.8 Å². The zero-order chi connectivity index (χ0) is 17.9. The molecule has 10 heteroatoms. The van der Waals surface area contributed by atoms with Gasteiger partial charge in [0.15, 0.2) is 5.82 Å². The minimum atomic E-state index is -0.409. The van der Waals surface area contributed by atoms with Gasteiger partial charge in [0.2, 0.25) is 11.8 Å². The molecule has 0 spiro atoms. The highest BCUT2D eigenvalue weighted by Crippen LogP contribution is 2.33. The number of carbonyl (C=O) groups excluding carboxylic acids is 2. The molecule has 1 aromatic carbocycles. The molecule has 0 atom stereocenters. The molecule has 7 nitrogen and oxygen atoms in total. The second kappa shape index (κ2) is 7.83. The highest BCUT2D eigenvalue weighted by molar-refractivity contribution is 6.42. The van der Waals surface area contributed by atoms with Crippen LogP contribution in [0.3, 0.4) is 0 Å². The number of carbonyl (C=O) groups is 2. The summed E-state index contributed by atoms with van der Waals surface area (Å²) < 4.78 is 1.28. The molecule has 0 aliphatic rings. The first-order chi connectivity index (χ1) is 11.3. The molecular weight excluding hydrogens is 377 g/mol. The molecular formula is C14H14Cl3N5O2. The van der Waals surface area contributed by atoms with Crippen molar-refractivity contribution in [2.24, 2.45) is 5.92 Å². The number of hydrogen-bond donors (Lipinski definition) is 2. The van der Waals surface area contributed by atoms with E-state index in [1.807, 2.05) is 0 Å². The topological polar surface area (TPSA) is 88.9 Å². The van der Waals surface area contributed by atoms with Crippen molar-refractivity contribution in [3.8, 4) is 0 Å². The van der Waals surface area contributed by atoms with Gasteiger partial charge in [0.1, 0.15) is 6.54 Å². The van der Waals surface area contributed by atoms with Crippen LogP contribution in [-0.2, 0) is 16.1 Å². The number of rotatable bonds is 5. The summed E-state index contributed by atoms with van der Waals surface area (Å²) in [6.07, 6.45) is 1.45. The maximum absolute atomic E-state index is 12.1. The molecule has 0 saturated carbocycles. The lowest BCUT2D eigenvalue weighted by molar-refractivity contribution is -0.119. The van der Waals surface area contributed by atoms with Crippen molar-refractivity contribution in [1.82, 2.24) is 15.0 Å². The average Bonchev–Trinajstić information content (AvgIpc) is 2.89. The van der Waals surface area contributed by atoms with E-state index in [9.17, 15) is 9.59 Å². The summed E-state index contributed by atoms with van der Waals surface area (Å²) in [5, 5.41) is 13.5. The van der Waals surface area contributed by atoms with E-state index in [0.717, 1.165) is 0 Å². The third kappa shape index (κ3) is 4.83. The van der Waals surface area contributed by atoms with Crippen LogP contribution in [0.2, 0.25) is 15.1 Å². The van der Waals surface area contributed by atoms with Crippen molar-refractivity contribution in [2.75, 3.05) is 10.6 Å². The van der Waals surface area contributed by atoms with Crippen molar-refractivity contribution >= 4 is 58.1 Å². The van der Waals surface area contributed by atoms with Crippen molar-refractivity contribution in [2.45, 2.75) is 20.4 Å². The number of halogens is 3. The first kappa shape index (κ1) is 18.5. The zero-order valence-electron chi connectivity index (χ0n) is 12.8. The first-order valence-corrected chi connectivity index (χ1v) is 8.05. The van der Waals surface area contributed by atoms with E-state index in [-0.39, 0.29) is 39.9 Å². The van der Waals surface area contributed by atoms with Crippen molar-refractivity contribution in [3.63, 3.8) is 0 Å². The Bertz CT molecular complexity index is 753. The van der Waals surface area contributed by atoms with E-state index in [1.54, 1.807) is 13.8 Å². The van der Waals surface area contributed by atoms with Gasteiger partial charge in [-0.2, -0.15) is 0 Å². The Balaban J connectivity index is 2.01. The largest absolute Gasteiger partial charge is 0.322 e. The lowest BCUT2D eigenvalue weighted by Crippen LogP contribution is -2.20. The number of nitrogens with zero attached hydrogens (tertiary/aromatic N) is 3. The summed E-state index contributed by atoms with van der Waals surface area (Å²) in [6.45, 7) is 3.39. The molecule has 128 valence electrons. The van der Waals surface area contributed by atoms with E-state index in [4.69, 9.17) is 34.8 Å². The third-order valence-corrected chi connectivity index (χ3v) is 3.71.